The molecule has 0 saturated carbocycles. The molecule has 0 aliphatic heterocycles. The fourth-order valence-electron chi connectivity index (χ4n) is 3.14. The minimum atomic E-state index is -5.12. The summed E-state index contributed by atoms with van der Waals surface area (Å²) < 4.78 is 50.1. The van der Waals surface area contributed by atoms with E-state index in [0.29, 0.717) is 5.52 Å². The summed E-state index contributed by atoms with van der Waals surface area (Å²) in [6.07, 6.45) is -5.50. The Balaban J connectivity index is 1.72. The molecule has 0 atom stereocenters. The SMILES string of the molecule is COc1cc(C#N)cc2nc(NC(=O)C(F)(F)F)n(CCCNC(=O)OCc3ccccc3)c12. The molecule has 178 valence electrons. The first-order valence-corrected chi connectivity index (χ1v) is 10.0. The van der Waals surface area contributed by atoms with E-state index in [4.69, 9.17) is 9.47 Å². The standard InChI is InChI=1S/C22H20F3N5O4/c1-33-17-11-15(12-26)10-16-18(17)30(20(28-16)29-19(31)22(23,24)25)9-5-8-27-21(32)34-13-14-6-3-2-4-7-14/h2-4,6-7,10-11H,5,8-9,13H2,1H3,(H,27,32)(H,28,29,31). The van der Waals surface area contributed by atoms with Gasteiger partial charge in [-0.3, -0.25) is 10.1 Å². The Hall–Kier alpha value is -4.27. The fraction of sp³-hybridized carbons (Fsp3) is 0.273. The minimum Gasteiger partial charge on any atom is -0.494 e. The van der Waals surface area contributed by atoms with Gasteiger partial charge >= 0.3 is 18.2 Å². The number of alkyl carbamates (subject to hydrolysis) is 1. The van der Waals surface area contributed by atoms with E-state index in [1.807, 2.05) is 24.3 Å². The third-order valence-electron chi connectivity index (χ3n) is 4.68. The predicted octanol–water partition coefficient (Wildman–Crippen LogP) is 3.73. The number of ether oxygens (including phenoxy) is 2. The second-order valence-electron chi connectivity index (χ2n) is 7.04. The van der Waals surface area contributed by atoms with E-state index in [-0.39, 0.29) is 48.9 Å². The number of nitrogens with one attached hydrogen (secondary N) is 2. The maximum absolute atomic E-state index is 12.8. The number of aromatic nitrogens is 2. The van der Waals surface area contributed by atoms with Crippen molar-refractivity contribution in [2.24, 2.45) is 0 Å². The van der Waals surface area contributed by atoms with Crippen LogP contribution in [-0.2, 0) is 22.7 Å². The molecule has 9 nitrogen and oxygen atoms in total. The number of rotatable bonds is 8. The quantitative estimate of drug-likeness (QED) is 0.480. The van der Waals surface area contributed by atoms with Gasteiger partial charge in [0.2, 0.25) is 5.95 Å². The van der Waals surface area contributed by atoms with Crippen molar-refractivity contribution in [1.82, 2.24) is 14.9 Å². The number of imidazole rings is 1. The lowest BCUT2D eigenvalue weighted by molar-refractivity contribution is -0.167. The second-order valence-corrected chi connectivity index (χ2v) is 7.04. The van der Waals surface area contributed by atoms with Crippen molar-refractivity contribution >= 4 is 29.0 Å². The molecule has 0 unspecified atom stereocenters. The third-order valence-corrected chi connectivity index (χ3v) is 4.68. The highest BCUT2D eigenvalue weighted by Crippen LogP contribution is 2.31. The van der Waals surface area contributed by atoms with Gasteiger partial charge in [0.15, 0.2) is 0 Å². The number of aryl methyl sites for hydroxylation is 1. The Labute approximate surface area is 192 Å². The molecule has 0 saturated heterocycles. The average Bonchev–Trinajstić information content (AvgIpc) is 3.16. The first-order chi connectivity index (χ1) is 16.2. The van der Waals surface area contributed by atoms with Gasteiger partial charge in [0.1, 0.15) is 17.9 Å². The Morgan fingerprint density at radius 2 is 1.94 bits per heavy atom. The average molecular weight is 475 g/mol. The number of hydrogen-bond donors (Lipinski definition) is 2. The summed E-state index contributed by atoms with van der Waals surface area (Å²) >= 11 is 0. The van der Waals surface area contributed by atoms with Crippen LogP contribution in [0.3, 0.4) is 0 Å². The van der Waals surface area contributed by atoms with Crippen molar-refractivity contribution in [1.29, 1.82) is 5.26 Å². The Kier molecular flexibility index (Phi) is 7.57. The summed E-state index contributed by atoms with van der Waals surface area (Å²) in [5, 5.41) is 13.5. The predicted molar refractivity (Wildman–Crippen MR) is 115 cm³/mol. The number of alkyl halides is 3. The van der Waals surface area contributed by atoms with Crippen LogP contribution in [0.5, 0.6) is 5.75 Å². The number of carbonyl (C=O) groups is 2. The smallest absolute Gasteiger partial charge is 0.471 e. The van der Waals surface area contributed by atoms with Gasteiger partial charge in [-0.1, -0.05) is 30.3 Å². The molecule has 0 radical (unpaired) electrons. The van der Waals surface area contributed by atoms with E-state index < -0.39 is 18.2 Å². The van der Waals surface area contributed by atoms with Crippen molar-refractivity contribution in [3.63, 3.8) is 0 Å². The first kappa shape index (κ1) is 24.4. The van der Waals surface area contributed by atoms with E-state index in [9.17, 15) is 28.0 Å². The van der Waals surface area contributed by atoms with Crippen molar-refractivity contribution in [3.8, 4) is 11.8 Å². The first-order valence-electron chi connectivity index (χ1n) is 10.0. The molecule has 1 heterocycles. The van der Waals surface area contributed by atoms with Gasteiger partial charge in [-0.15, -0.1) is 0 Å². The molecule has 12 heteroatoms. The van der Waals surface area contributed by atoms with E-state index in [2.05, 4.69) is 10.3 Å². The summed E-state index contributed by atoms with van der Waals surface area (Å²) in [4.78, 5) is 27.4. The maximum Gasteiger partial charge on any atom is 0.471 e. The molecule has 0 aliphatic rings. The fourth-order valence-corrected chi connectivity index (χ4v) is 3.14. The third kappa shape index (κ3) is 5.94. The molecule has 1 aromatic heterocycles. The van der Waals surface area contributed by atoms with Gasteiger partial charge in [0.25, 0.3) is 0 Å². The van der Waals surface area contributed by atoms with E-state index >= 15 is 0 Å². The maximum atomic E-state index is 12.8. The Bertz CT molecular complexity index is 1220. The van der Waals surface area contributed by atoms with Crippen molar-refractivity contribution in [2.45, 2.75) is 25.7 Å². The molecular weight excluding hydrogens is 455 g/mol. The molecule has 2 N–H and O–H groups in total. The summed E-state index contributed by atoms with van der Waals surface area (Å²) in [5.41, 5.74) is 1.47. The summed E-state index contributed by atoms with van der Waals surface area (Å²) in [5.74, 6) is -2.35. The molecule has 0 bridgehead atoms. The zero-order chi connectivity index (χ0) is 24.7. The zero-order valence-electron chi connectivity index (χ0n) is 18.0. The number of amides is 2. The van der Waals surface area contributed by atoms with Crippen LogP contribution >= 0.6 is 0 Å². The molecule has 3 rings (SSSR count). The number of hydrogen-bond acceptors (Lipinski definition) is 6. The minimum absolute atomic E-state index is 0.0746. The molecule has 2 amide bonds. The van der Waals surface area contributed by atoms with E-state index in [1.165, 1.54) is 23.8 Å². The van der Waals surface area contributed by atoms with Crippen LogP contribution in [0.15, 0.2) is 42.5 Å². The zero-order valence-corrected chi connectivity index (χ0v) is 18.0. The number of fused-ring (bicyclic) bond motifs is 1. The molecular formula is C22H20F3N5O4. The molecule has 3 aromatic rings. The molecule has 0 fully saturated rings. The number of anilines is 1. The monoisotopic (exact) mass is 475 g/mol. The molecule has 34 heavy (non-hydrogen) atoms. The van der Waals surface area contributed by atoms with Crippen LogP contribution < -0.4 is 15.4 Å². The number of carbonyl (C=O) groups excluding carboxylic acids is 2. The highest BCUT2D eigenvalue weighted by atomic mass is 19.4. The number of nitrogens with zero attached hydrogens (tertiary/aromatic N) is 3. The van der Waals surface area contributed by atoms with Crippen LogP contribution in [-0.4, -0.2) is 41.4 Å². The van der Waals surface area contributed by atoms with Crippen LogP contribution in [0.25, 0.3) is 11.0 Å². The lowest BCUT2D eigenvalue weighted by atomic mass is 10.2. The summed E-state index contributed by atoms with van der Waals surface area (Å²) in [7, 11) is 1.34. The van der Waals surface area contributed by atoms with Gasteiger partial charge < -0.3 is 19.4 Å². The highest BCUT2D eigenvalue weighted by Gasteiger charge is 2.39. The van der Waals surface area contributed by atoms with Crippen LogP contribution in [0.2, 0.25) is 0 Å². The lowest BCUT2D eigenvalue weighted by Gasteiger charge is -2.13. The summed E-state index contributed by atoms with van der Waals surface area (Å²) in [6, 6.07) is 13.8. The largest absolute Gasteiger partial charge is 0.494 e. The number of nitriles is 1. The Morgan fingerprint density at radius 1 is 1.21 bits per heavy atom. The number of benzene rings is 2. The van der Waals surface area contributed by atoms with E-state index in [1.54, 1.807) is 17.4 Å². The topological polar surface area (TPSA) is 118 Å². The van der Waals surface area contributed by atoms with Crippen LogP contribution in [0.4, 0.5) is 23.9 Å². The number of halogens is 3. The van der Waals surface area contributed by atoms with Gasteiger partial charge in [0.05, 0.1) is 24.3 Å². The highest BCUT2D eigenvalue weighted by molar-refractivity contribution is 5.96. The molecule has 2 aromatic carbocycles. The van der Waals surface area contributed by atoms with E-state index in [0.717, 1.165) is 5.56 Å². The van der Waals surface area contributed by atoms with Gasteiger partial charge in [-0.25, -0.2) is 9.78 Å². The normalized spacial score (nSPS) is 11.0. The Morgan fingerprint density at radius 3 is 2.59 bits per heavy atom. The molecule has 0 aliphatic carbocycles. The van der Waals surface area contributed by atoms with Crippen LogP contribution in [0.1, 0.15) is 17.5 Å². The van der Waals surface area contributed by atoms with Crippen LogP contribution in [0, 0.1) is 11.3 Å². The number of methoxy groups -OCH3 is 1. The van der Waals surface area contributed by atoms with Gasteiger partial charge in [-0.05, 0) is 18.1 Å². The van der Waals surface area contributed by atoms with Gasteiger partial charge in [-0.2, -0.15) is 18.4 Å². The second kappa shape index (κ2) is 10.6. The lowest BCUT2D eigenvalue weighted by Crippen LogP contribution is -2.31. The van der Waals surface area contributed by atoms with Crippen molar-refractivity contribution in [2.75, 3.05) is 19.0 Å². The molecule has 0 spiro atoms. The summed E-state index contributed by atoms with van der Waals surface area (Å²) in [6.45, 7) is 0.300. The van der Waals surface area contributed by atoms with Crippen molar-refractivity contribution < 1.29 is 32.2 Å². The van der Waals surface area contributed by atoms with Crippen molar-refractivity contribution in [3.05, 3.63) is 53.6 Å². The van der Waals surface area contributed by atoms with Gasteiger partial charge in [0, 0.05) is 19.2 Å².